The Hall–Kier alpha value is -0.310. The molecular formula is C11H11I. The highest BCUT2D eigenvalue weighted by Crippen LogP contribution is 2.28. The van der Waals surface area contributed by atoms with Crippen molar-refractivity contribution >= 4 is 28.2 Å². The van der Waals surface area contributed by atoms with E-state index in [1.807, 2.05) is 0 Å². The fourth-order valence-corrected chi connectivity index (χ4v) is 1.87. The van der Waals surface area contributed by atoms with Crippen molar-refractivity contribution in [1.29, 1.82) is 0 Å². The summed E-state index contributed by atoms with van der Waals surface area (Å²) in [5, 5.41) is 0. The Balaban J connectivity index is 2.24. The van der Waals surface area contributed by atoms with Gasteiger partial charge in [-0.15, -0.1) is 0 Å². The molecule has 0 fully saturated rings. The van der Waals surface area contributed by atoms with Gasteiger partial charge in [-0.1, -0.05) is 52.9 Å². The van der Waals surface area contributed by atoms with Gasteiger partial charge < -0.3 is 0 Å². The molecule has 2 rings (SSSR count). The first-order chi connectivity index (χ1) is 5.90. The minimum atomic E-state index is 1.11. The van der Waals surface area contributed by atoms with Crippen molar-refractivity contribution in [2.45, 2.75) is 17.3 Å². The average Bonchev–Trinajstić information content (AvgIpc) is 2.03. The topological polar surface area (TPSA) is 0 Å². The third kappa shape index (κ3) is 1.56. The van der Waals surface area contributed by atoms with Crippen LogP contribution in [0, 0.1) is 0 Å². The number of rotatable bonds is 2. The highest BCUT2D eigenvalue weighted by molar-refractivity contribution is 14.1. The zero-order valence-electron chi connectivity index (χ0n) is 6.89. The Morgan fingerprint density at radius 2 is 1.83 bits per heavy atom. The Bertz CT molecular complexity index is 295. The van der Waals surface area contributed by atoms with Crippen LogP contribution in [-0.4, -0.2) is 0 Å². The molecule has 1 aliphatic rings. The van der Waals surface area contributed by atoms with Crippen LogP contribution in [0.1, 0.15) is 24.0 Å². The van der Waals surface area contributed by atoms with E-state index in [2.05, 4.69) is 52.9 Å². The zero-order chi connectivity index (χ0) is 8.39. The van der Waals surface area contributed by atoms with Gasteiger partial charge in [0.15, 0.2) is 0 Å². The van der Waals surface area contributed by atoms with E-state index < -0.39 is 0 Å². The number of hydrogen-bond acceptors (Lipinski definition) is 0. The highest BCUT2D eigenvalue weighted by Gasteiger charge is 2.07. The summed E-state index contributed by atoms with van der Waals surface area (Å²) in [4.78, 5) is 0. The van der Waals surface area contributed by atoms with Gasteiger partial charge in [-0.2, -0.15) is 0 Å². The van der Waals surface area contributed by atoms with Crippen molar-refractivity contribution in [3.63, 3.8) is 0 Å². The normalized spacial score (nSPS) is 15.2. The van der Waals surface area contributed by atoms with E-state index in [1.54, 1.807) is 0 Å². The lowest BCUT2D eigenvalue weighted by molar-refractivity contribution is 0.988. The maximum Gasteiger partial charge on any atom is 0.0247 e. The minimum absolute atomic E-state index is 1.11. The summed E-state index contributed by atoms with van der Waals surface area (Å²) in [6, 6.07) is 8.92. The molecule has 0 aromatic heterocycles. The molecule has 0 N–H and O–H groups in total. The minimum Gasteiger partial charge on any atom is -0.0812 e. The summed E-state index contributed by atoms with van der Waals surface area (Å²) in [7, 11) is 0. The highest BCUT2D eigenvalue weighted by atomic mass is 127. The molecule has 0 heterocycles. The standard InChI is InChI=1S/C11H11I/c12-8-9-4-6-11(7-5-9)10-2-1-3-10/h2,4-7H,1,3,8H2. The molecule has 0 saturated carbocycles. The van der Waals surface area contributed by atoms with E-state index in [0.717, 1.165) is 4.43 Å². The van der Waals surface area contributed by atoms with Gasteiger partial charge in [-0.05, 0) is 29.5 Å². The Kier molecular flexibility index (Phi) is 2.49. The quantitative estimate of drug-likeness (QED) is 0.566. The van der Waals surface area contributed by atoms with Crippen LogP contribution in [0.15, 0.2) is 30.3 Å². The van der Waals surface area contributed by atoms with Crippen molar-refractivity contribution in [1.82, 2.24) is 0 Å². The summed E-state index contributed by atoms with van der Waals surface area (Å²) >= 11 is 2.39. The average molecular weight is 270 g/mol. The molecule has 1 aromatic rings. The lowest BCUT2D eigenvalue weighted by Crippen LogP contribution is -1.92. The van der Waals surface area contributed by atoms with E-state index in [-0.39, 0.29) is 0 Å². The molecule has 1 heteroatoms. The van der Waals surface area contributed by atoms with Gasteiger partial charge in [0, 0.05) is 4.43 Å². The molecule has 12 heavy (non-hydrogen) atoms. The Morgan fingerprint density at radius 3 is 2.25 bits per heavy atom. The maximum atomic E-state index is 2.39. The van der Waals surface area contributed by atoms with E-state index in [0.29, 0.717) is 0 Å². The number of halogens is 1. The smallest absolute Gasteiger partial charge is 0.0247 e. The first-order valence-corrected chi connectivity index (χ1v) is 5.77. The van der Waals surface area contributed by atoms with E-state index in [1.165, 1.54) is 29.5 Å². The van der Waals surface area contributed by atoms with Gasteiger partial charge in [0.05, 0.1) is 0 Å². The van der Waals surface area contributed by atoms with Crippen LogP contribution in [0.4, 0.5) is 0 Å². The third-order valence-corrected chi connectivity index (χ3v) is 3.16. The van der Waals surface area contributed by atoms with Gasteiger partial charge in [0.25, 0.3) is 0 Å². The first kappa shape index (κ1) is 8.30. The summed E-state index contributed by atoms with van der Waals surface area (Å²) in [5.74, 6) is 0. The number of alkyl halides is 1. The van der Waals surface area contributed by atoms with Gasteiger partial charge in [0.2, 0.25) is 0 Å². The molecule has 0 spiro atoms. The van der Waals surface area contributed by atoms with Crippen molar-refractivity contribution < 1.29 is 0 Å². The molecule has 0 nitrogen and oxygen atoms in total. The van der Waals surface area contributed by atoms with Crippen molar-refractivity contribution in [2.75, 3.05) is 0 Å². The van der Waals surface area contributed by atoms with Gasteiger partial charge >= 0.3 is 0 Å². The summed E-state index contributed by atoms with van der Waals surface area (Å²) in [5.41, 5.74) is 4.35. The molecule has 0 bridgehead atoms. The number of allylic oxidation sites excluding steroid dienone is 2. The van der Waals surface area contributed by atoms with Crippen LogP contribution in [0.5, 0.6) is 0 Å². The largest absolute Gasteiger partial charge is 0.0812 e. The molecule has 0 radical (unpaired) electrons. The Morgan fingerprint density at radius 1 is 1.17 bits per heavy atom. The van der Waals surface area contributed by atoms with Crippen molar-refractivity contribution in [2.24, 2.45) is 0 Å². The van der Waals surface area contributed by atoms with Gasteiger partial charge in [-0.3, -0.25) is 0 Å². The molecule has 0 saturated heterocycles. The van der Waals surface area contributed by atoms with Crippen LogP contribution in [-0.2, 0) is 4.43 Å². The second kappa shape index (κ2) is 3.60. The third-order valence-electron chi connectivity index (χ3n) is 2.28. The fraction of sp³-hybridized carbons (Fsp3) is 0.273. The van der Waals surface area contributed by atoms with Crippen LogP contribution in [0.2, 0.25) is 0 Å². The number of benzene rings is 1. The van der Waals surface area contributed by atoms with E-state index in [9.17, 15) is 0 Å². The Labute approximate surface area is 86.8 Å². The fourth-order valence-electron chi connectivity index (χ4n) is 1.36. The van der Waals surface area contributed by atoms with Gasteiger partial charge in [0.1, 0.15) is 0 Å². The molecule has 1 aromatic carbocycles. The van der Waals surface area contributed by atoms with Crippen LogP contribution < -0.4 is 0 Å². The molecule has 1 aliphatic carbocycles. The summed E-state index contributed by atoms with van der Waals surface area (Å²) < 4.78 is 1.11. The molecule has 62 valence electrons. The maximum absolute atomic E-state index is 2.39. The van der Waals surface area contributed by atoms with Crippen LogP contribution >= 0.6 is 22.6 Å². The SMILES string of the molecule is ICc1ccc(C2=CCC2)cc1. The zero-order valence-corrected chi connectivity index (χ0v) is 9.04. The first-order valence-electron chi connectivity index (χ1n) is 4.24. The van der Waals surface area contributed by atoms with Crippen molar-refractivity contribution in [3.05, 3.63) is 41.5 Å². The van der Waals surface area contributed by atoms with E-state index in [4.69, 9.17) is 0 Å². The molecule has 0 amide bonds. The predicted octanol–water partition coefficient (Wildman–Crippen LogP) is 3.80. The molecule has 0 aliphatic heterocycles. The summed E-state index contributed by atoms with van der Waals surface area (Å²) in [6.45, 7) is 0. The number of hydrogen-bond donors (Lipinski definition) is 0. The van der Waals surface area contributed by atoms with Gasteiger partial charge in [-0.25, -0.2) is 0 Å². The second-order valence-electron chi connectivity index (χ2n) is 3.10. The van der Waals surface area contributed by atoms with Crippen molar-refractivity contribution in [3.8, 4) is 0 Å². The molecule has 0 unspecified atom stereocenters. The summed E-state index contributed by atoms with van der Waals surface area (Å²) in [6.07, 6.45) is 4.85. The predicted molar refractivity (Wildman–Crippen MR) is 61.4 cm³/mol. The van der Waals surface area contributed by atoms with Crippen LogP contribution in [0.3, 0.4) is 0 Å². The molecular weight excluding hydrogens is 259 g/mol. The second-order valence-corrected chi connectivity index (χ2v) is 3.86. The van der Waals surface area contributed by atoms with E-state index >= 15 is 0 Å². The molecule has 0 atom stereocenters. The monoisotopic (exact) mass is 270 g/mol. The lowest BCUT2D eigenvalue weighted by Gasteiger charge is -2.14. The van der Waals surface area contributed by atoms with Crippen LogP contribution in [0.25, 0.3) is 5.57 Å². The lowest BCUT2D eigenvalue weighted by atomic mass is 9.92.